The summed E-state index contributed by atoms with van der Waals surface area (Å²) in [6.45, 7) is 1.45. The Balaban J connectivity index is 1.78. The van der Waals surface area contributed by atoms with Gasteiger partial charge in [0.25, 0.3) is 0 Å². The number of carbonyl (C=O) groups is 1. The van der Waals surface area contributed by atoms with Crippen LogP contribution >= 0.6 is 0 Å². The summed E-state index contributed by atoms with van der Waals surface area (Å²) in [5.41, 5.74) is 3.68. The van der Waals surface area contributed by atoms with E-state index in [1.807, 2.05) is 25.1 Å². The van der Waals surface area contributed by atoms with Crippen molar-refractivity contribution in [2.45, 2.75) is 38.5 Å². The molecule has 1 unspecified atom stereocenters. The third-order valence-corrected chi connectivity index (χ3v) is 4.14. The Bertz CT molecular complexity index is 572. The monoisotopic (exact) mass is 296 g/mol. The van der Waals surface area contributed by atoms with Gasteiger partial charge in [-0.2, -0.15) is 0 Å². The van der Waals surface area contributed by atoms with Crippen molar-refractivity contribution < 1.29 is 9.90 Å². The Morgan fingerprint density at radius 2 is 1.45 bits per heavy atom. The molecule has 0 bridgehead atoms. The molecule has 0 aliphatic carbocycles. The number of aryl methyl sites for hydroxylation is 2. The van der Waals surface area contributed by atoms with Crippen LogP contribution in [0, 0.1) is 0 Å². The molecule has 0 spiro atoms. The third kappa shape index (κ3) is 4.81. The average molecular weight is 296 g/mol. The number of Topliss-reactive ketones (excluding diaryl/α,β-unsaturated/α-hetero) is 1. The van der Waals surface area contributed by atoms with Crippen molar-refractivity contribution in [3.05, 3.63) is 71.3 Å². The fourth-order valence-electron chi connectivity index (χ4n) is 2.60. The number of hydrogen-bond acceptors (Lipinski definition) is 2. The van der Waals surface area contributed by atoms with Crippen LogP contribution in [0.2, 0.25) is 0 Å². The van der Waals surface area contributed by atoms with Crippen LogP contribution in [0.4, 0.5) is 0 Å². The molecule has 0 radical (unpaired) electrons. The van der Waals surface area contributed by atoms with E-state index in [1.165, 1.54) is 24.0 Å². The van der Waals surface area contributed by atoms with E-state index in [4.69, 9.17) is 5.11 Å². The van der Waals surface area contributed by atoms with Crippen molar-refractivity contribution in [1.29, 1.82) is 0 Å². The lowest BCUT2D eigenvalue weighted by Gasteiger charge is -2.10. The highest BCUT2D eigenvalue weighted by molar-refractivity contribution is 5.86. The minimum Gasteiger partial charge on any atom is -0.389 e. The Morgan fingerprint density at radius 1 is 0.909 bits per heavy atom. The molecule has 0 aromatic heterocycles. The van der Waals surface area contributed by atoms with Gasteiger partial charge < -0.3 is 5.11 Å². The third-order valence-electron chi connectivity index (χ3n) is 4.14. The second-order valence-electron chi connectivity index (χ2n) is 5.78. The van der Waals surface area contributed by atoms with Crippen LogP contribution in [0.25, 0.3) is 0 Å². The zero-order valence-corrected chi connectivity index (χ0v) is 13.2. The van der Waals surface area contributed by atoms with E-state index in [1.54, 1.807) is 0 Å². The Kier molecular flexibility index (Phi) is 6.35. The maximum atomic E-state index is 11.5. The largest absolute Gasteiger partial charge is 0.389 e. The summed E-state index contributed by atoms with van der Waals surface area (Å²) < 4.78 is 0. The highest BCUT2D eigenvalue weighted by atomic mass is 16.3. The molecule has 0 aliphatic heterocycles. The van der Waals surface area contributed by atoms with Crippen LogP contribution in [0.1, 0.15) is 42.4 Å². The van der Waals surface area contributed by atoms with Gasteiger partial charge in [-0.3, -0.25) is 4.79 Å². The Hall–Kier alpha value is -1.93. The summed E-state index contributed by atoms with van der Waals surface area (Å²) in [6.07, 6.45) is 4.54. The number of unbranched alkanes of at least 4 members (excludes halogenated alkanes) is 1. The SMILES string of the molecule is CC(C(=O)CO)c1ccc(CCCCc2ccccc2)cc1. The van der Waals surface area contributed by atoms with Crippen molar-refractivity contribution in [3.8, 4) is 0 Å². The molecule has 116 valence electrons. The first-order valence-electron chi connectivity index (χ1n) is 7.97. The molecule has 2 rings (SSSR count). The number of carbonyl (C=O) groups excluding carboxylic acids is 1. The van der Waals surface area contributed by atoms with E-state index in [9.17, 15) is 4.79 Å². The van der Waals surface area contributed by atoms with Crippen LogP contribution in [0.15, 0.2) is 54.6 Å². The van der Waals surface area contributed by atoms with E-state index in [0.717, 1.165) is 18.4 Å². The summed E-state index contributed by atoms with van der Waals surface area (Å²) in [5, 5.41) is 8.91. The molecule has 0 fully saturated rings. The lowest BCUT2D eigenvalue weighted by atomic mass is 9.95. The Labute approximate surface area is 132 Å². The quantitative estimate of drug-likeness (QED) is 0.750. The van der Waals surface area contributed by atoms with Gasteiger partial charge in [0.1, 0.15) is 6.61 Å². The predicted octanol–water partition coefficient (Wildman–Crippen LogP) is 3.92. The summed E-state index contributed by atoms with van der Waals surface area (Å²) in [6, 6.07) is 18.8. The molecule has 1 atom stereocenters. The highest BCUT2D eigenvalue weighted by Crippen LogP contribution is 2.18. The van der Waals surface area contributed by atoms with Crippen molar-refractivity contribution in [2.24, 2.45) is 0 Å². The van der Waals surface area contributed by atoms with E-state index in [2.05, 4.69) is 36.4 Å². The van der Waals surface area contributed by atoms with Gasteiger partial charge in [-0.15, -0.1) is 0 Å². The number of ketones is 1. The average Bonchev–Trinajstić information content (AvgIpc) is 2.59. The van der Waals surface area contributed by atoms with E-state index in [0.29, 0.717) is 0 Å². The molecule has 2 aromatic rings. The maximum absolute atomic E-state index is 11.5. The van der Waals surface area contributed by atoms with Gasteiger partial charge in [0.15, 0.2) is 5.78 Å². The van der Waals surface area contributed by atoms with E-state index in [-0.39, 0.29) is 18.3 Å². The van der Waals surface area contributed by atoms with Crippen molar-refractivity contribution in [2.75, 3.05) is 6.61 Å². The molecule has 1 N–H and O–H groups in total. The number of aliphatic hydroxyl groups is 1. The van der Waals surface area contributed by atoms with E-state index < -0.39 is 0 Å². The molecule has 0 amide bonds. The van der Waals surface area contributed by atoms with Crippen molar-refractivity contribution in [3.63, 3.8) is 0 Å². The molecule has 22 heavy (non-hydrogen) atoms. The molecule has 0 aliphatic rings. The molecule has 2 aromatic carbocycles. The minimum atomic E-state index is -0.387. The summed E-state index contributed by atoms with van der Waals surface area (Å²) in [5.74, 6) is -0.354. The lowest BCUT2D eigenvalue weighted by molar-refractivity contribution is -0.122. The van der Waals surface area contributed by atoms with Crippen molar-refractivity contribution >= 4 is 5.78 Å². The Morgan fingerprint density at radius 3 is 2.00 bits per heavy atom. The van der Waals surface area contributed by atoms with Gasteiger partial charge in [0.05, 0.1) is 0 Å². The number of aliphatic hydroxyl groups excluding tert-OH is 1. The first-order chi connectivity index (χ1) is 10.7. The van der Waals surface area contributed by atoms with Gasteiger partial charge in [0, 0.05) is 5.92 Å². The first-order valence-corrected chi connectivity index (χ1v) is 7.97. The number of rotatable bonds is 8. The summed E-state index contributed by atoms with van der Waals surface area (Å²) in [7, 11) is 0. The van der Waals surface area contributed by atoms with Crippen LogP contribution in [-0.2, 0) is 17.6 Å². The van der Waals surface area contributed by atoms with Crippen LogP contribution in [-0.4, -0.2) is 17.5 Å². The molecule has 2 heteroatoms. The number of benzene rings is 2. The van der Waals surface area contributed by atoms with Crippen LogP contribution < -0.4 is 0 Å². The van der Waals surface area contributed by atoms with Crippen molar-refractivity contribution in [1.82, 2.24) is 0 Å². The minimum absolute atomic E-state index is 0.129. The second-order valence-corrected chi connectivity index (χ2v) is 5.78. The molecule has 0 saturated heterocycles. The maximum Gasteiger partial charge on any atom is 0.165 e. The molecule has 0 saturated carbocycles. The molecular formula is C20H24O2. The lowest BCUT2D eigenvalue weighted by Crippen LogP contribution is -2.12. The standard InChI is InChI=1S/C20H24O2/c1-16(20(22)15-21)19-13-11-18(12-14-19)10-6-5-9-17-7-3-2-4-8-17/h2-4,7-8,11-14,16,21H,5-6,9-10,15H2,1H3. The highest BCUT2D eigenvalue weighted by Gasteiger charge is 2.13. The van der Waals surface area contributed by atoms with Gasteiger partial charge in [-0.1, -0.05) is 61.5 Å². The van der Waals surface area contributed by atoms with Gasteiger partial charge >= 0.3 is 0 Å². The van der Waals surface area contributed by atoms with E-state index >= 15 is 0 Å². The number of hydrogen-bond donors (Lipinski definition) is 1. The zero-order chi connectivity index (χ0) is 15.8. The van der Waals surface area contributed by atoms with Crippen LogP contribution in [0.5, 0.6) is 0 Å². The van der Waals surface area contributed by atoms with Gasteiger partial charge in [0.2, 0.25) is 0 Å². The molecule has 0 heterocycles. The first kappa shape index (κ1) is 16.4. The molecule has 2 nitrogen and oxygen atoms in total. The second kappa shape index (κ2) is 8.50. The van der Waals surface area contributed by atoms with Gasteiger partial charge in [-0.05, 0) is 42.4 Å². The smallest absolute Gasteiger partial charge is 0.165 e. The molecular weight excluding hydrogens is 272 g/mol. The summed E-state index contributed by atoms with van der Waals surface area (Å²) >= 11 is 0. The zero-order valence-electron chi connectivity index (χ0n) is 13.2. The fraction of sp³-hybridized carbons (Fsp3) is 0.350. The van der Waals surface area contributed by atoms with Crippen LogP contribution in [0.3, 0.4) is 0 Å². The summed E-state index contributed by atoms with van der Waals surface area (Å²) in [4.78, 5) is 11.5. The van der Waals surface area contributed by atoms with Gasteiger partial charge in [-0.25, -0.2) is 0 Å². The predicted molar refractivity (Wildman–Crippen MR) is 90.0 cm³/mol. The fourth-order valence-corrected chi connectivity index (χ4v) is 2.60. The normalized spacial score (nSPS) is 12.1. The topological polar surface area (TPSA) is 37.3 Å².